The van der Waals surface area contributed by atoms with E-state index in [-0.39, 0.29) is 18.1 Å². The first-order valence-corrected chi connectivity index (χ1v) is 4.90. The summed E-state index contributed by atoms with van der Waals surface area (Å²) < 4.78 is 1.63. The van der Waals surface area contributed by atoms with E-state index in [1.54, 1.807) is 30.9 Å². The minimum Gasteiger partial charge on any atom is -0.332 e. The molecule has 0 aliphatic carbocycles. The van der Waals surface area contributed by atoms with Crippen molar-refractivity contribution in [2.24, 2.45) is 18.9 Å². The minimum absolute atomic E-state index is 0.143. The third-order valence-corrected chi connectivity index (χ3v) is 2.43. The van der Waals surface area contributed by atoms with Crippen molar-refractivity contribution in [3.8, 4) is 12.1 Å². The fourth-order valence-electron chi connectivity index (χ4n) is 1.42. The van der Waals surface area contributed by atoms with Crippen LogP contribution in [0.4, 0.5) is 0 Å². The van der Waals surface area contributed by atoms with Gasteiger partial charge in [-0.25, -0.2) is 4.98 Å². The van der Waals surface area contributed by atoms with Gasteiger partial charge in [-0.15, -0.1) is 0 Å². The Bertz CT molecular complexity index is 449. The summed E-state index contributed by atoms with van der Waals surface area (Å²) in [7, 11) is 1.73. The molecule has 1 aromatic heterocycles. The quantitative estimate of drug-likeness (QED) is 0.710. The molecule has 1 aromatic rings. The van der Waals surface area contributed by atoms with Crippen LogP contribution >= 0.6 is 0 Å². The lowest BCUT2D eigenvalue weighted by atomic mass is 9.92. The Morgan fingerprint density at radius 3 is 2.62 bits per heavy atom. The number of Topliss-reactive ketones (excluding diaryl/α,β-unsaturated/α-hetero) is 1. The molecule has 0 amide bonds. The maximum atomic E-state index is 11.8. The number of carbonyl (C=O) groups excluding carboxylic acids is 1. The first-order valence-electron chi connectivity index (χ1n) is 4.90. The van der Waals surface area contributed by atoms with Crippen molar-refractivity contribution < 1.29 is 4.79 Å². The zero-order chi connectivity index (χ0) is 12.1. The summed E-state index contributed by atoms with van der Waals surface area (Å²) in [5, 5.41) is 17.4. The zero-order valence-electron chi connectivity index (χ0n) is 9.21. The Labute approximate surface area is 93.9 Å². The molecule has 0 unspecified atom stereocenters. The first-order chi connectivity index (χ1) is 7.60. The van der Waals surface area contributed by atoms with E-state index < -0.39 is 5.92 Å². The number of nitrogens with zero attached hydrogens (tertiary/aromatic N) is 4. The van der Waals surface area contributed by atoms with Gasteiger partial charge in [0.2, 0.25) is 0 Å². The molecule has 0 N–H and O–H groups in total. The number of hydrogen-bond acceptors (Lipinski definition) is 4. The van der Waals surface area contributed by atoms with Gasteiger partial charge >= 0.3 is 0 Å². The molecule has 82 valence electrons. The third kappa shape index (κ3) is 2.46. The van der Waals surface area contributed by atoms with E-state index in [1.165, 1.54) is 0 Å². The van der Waals surface area contributed by atoms with Crippen molar-refractivity contribution in [2.45, 2.75) is 13.3 Å². The summed E-state index contributed by atoms with van der Waals surface area (Å²) in [5.41, 5.74) is 0. The summed E-state index contributed by atoms with van der Waals surface area (Å²) >= 11 is 0. The van der Waals surface area contributed by atoms with Crippen LogP contribution in [-0.2, 0) is 7.05 Å². The molecule has 0 aromatic carbocycles. The Morgan fingerprint density at radius 1 is 1.56 bits per heavy atom. The highest BCUT2D eigenvalue weighted by Crippen LogP contribution is 2.16. The maximum absolute atomic E-state index is 11.8. The van der Waals surface area contributed by atoms with Crippen molar-refractivity contribution in [3.05, 3.63) is 18.2 Å². The van der Waals surface area contributed by atoms with Gasteiger partial charge in [-0.05, 0) is 5.92 Å². The van der Waals surface area contributed by atoms with Crippen molar-refractivity contribution in [1.29, 1.82) is 10.5 Å². The van der Waals surface area contributed by atoms with Gasteiger partial charge in [-0.3, -0.25) is 4.79 Å². The van der Waals surface area contributed by atoms with Gasteiger partial charge in [0.25, 0.3) is 0 Å². The molecule has 1 rings (SSSR count). The van der Waals surface area contributed by atoms with E-state index in [2.05, 4.69) is 4.98 Å². The molecule has 0 saturated heterocycles. The topological polar surface area (TPSA) is 82.5 Å². The maximum Gasteiger partial charge on any atom is 0.198 e. The highest BCUT2D eigenvalue weighted by atomic mass is 16.1. The number of imidazole rings is 1. The molecular formula is C11H12N4O. The Kier molecular flexibility index (Phi) is 3.79. The van der Waals surface area contributed by atoms with Crippen LogP contribution in [0.15, 0.2) is 12.4 Å². The summed E-state index contributed by atoms with van der Waals surface area (Å²) in [6.07, 6.45) is 3.39. The van der Waals surface area contributed by atoms with Gasteiger partial charge in [-0.2, -0.15) is 10.5 Å². The van der Waals surface area contributed by atoms with Gasteiger partial charge in [0.1, 0.15) is 5.92 Å². The SMILES string of the molecule is C[C@H](CC(=O)c1nccn1C)C(C#N)C#N. The molecule has 16 heavy (non-hydrogen) atoms. The standard InChI is InChI=1S/C11H12N4O/c1-8(9(6-12)7-13)5-10(16)11-14-3-4-15(11)2/h3-4,8-9H,5H2,1-2H3/t8-/m1/s1. The fraction of sp³-hybridized carbons (Fsp3) is 0.455. The number of nitriles is 2. The van der Waals surface area contributed by atoms with Crippen LogP contribution in [0.1, 0.15) is 24.0 Å². The summed E-state index contributed by atoms with van der Waals surface area (Å²) in [6, 6.07) is 3.75. The average Bonchev–Trinajstić information content (AvgIpc) is 2.66. The van der Waals surface area contributed by atoms with Crippen molar-refractivity contribution in [3.63, 3.8) is 0 Å². The van der Waals surface area contributed by atoms with Crippen LogP contribution in [0.3, 0.4) is 0 Å². The Hall–Kier alpha value is -2.14. The number of rotatable bonds is 4. The van der Waals surface area contributed by atoms with Crippen molar-refractivity contribution in [1.82, 2.24) is 9.55 Å². The second kappa shape index (κ2) is 5.09. The number of hydrogen-bond donors (Lipinski definition) is 0. The van der Waals surface area contributed by atoms with E-state index >= 15 is 0 Å². The second-order valence-corrected chi connectivity index (χ2v) is 3.70. The van der Waals surface area contributed by atoms with Gasteiger partial charge < -0.3 is 4.57 Å². The number of ketones is 1. The van der Waals surface area contributed by atoms with Crippen LogP contribution in [0, 0.1) is 34.5 Å². The van der Waals surface area contributed by atoms with Gasteiger partial charge in [0, 0.05) is 25.9 Å². The number of carbonyl (C=O) groups is 1. The molecule has 0 fully saturated rings. The Morgan fingerprint density at radius 2 is 2.19 bits per heavy atom. The normalized spacial score (nSPS) is 11.8. The number of aromatic nitrogens is 2. The molecule has 1 atom stereocenters. The molecule has 0 bridgehead atoms. The van der Waals surface area contributed by atoms with Crippen LogP contribution in [0.2, 0.25) is 0 Å². The predicted molar refractivity (Wildman–Crippen MR) is 56.0 cm³/mol. The monoisotopic (exact) mass is 216 g/mol. The highest BCUT2D eigenvalue weighted by molar-refractivity contribution is 5.92. The lowest BCUT2D eigenvalue weighted by Crippen LogP contribution is -2.16. The molecule has 0 aliphatic rings. The average molecular weight is 216 g/mol. The minimum atomic E-state index is -0.746. The van der Waals surface area contributed by atoms with Gasteiger partial charge in [-0.1, -0.05) is 6.92 Å². The largest absolute Gasteiger partial charge is 0.332 e. The molecule has 0 saturated carbocycles. The second-order valence-electron chi connectivity index (χ2n) is 3.70. The van der Waals surface area contributed by atoms with Crippen molar-refractivity contribution >= 4 is 5.78 Å². The molecule has 1 heterocycles. The Balaban J connectivity index is 2.70. The van der Waals surface area contributed by atoms with E-state index in [0.29, 0.717) is 5.82 Å². The molecule has 0 radical (unpaired) electrons. The first kappa shape index (κ1) is 11.9. The van der Waals surface area contributed by atoms with Crippen LogP contribution in [0.5, 0.6) is 0 Å². The van der Waals surface area contributed by atoms with Crippen LogP contribution < -0.4 is 0 Å². The lowest BCUT2D eigenvalue weighted by molar-refractivity contribution is 0.0947. The molecule has 5 nitrogen and oxygen atoms in total. The molecule has 0 aliphatic heterocycles. The van der Waals surface area contributed by atoms with E-state index in [0.717, 1.165) is 0 Å². The zero-order valence-corrected chi connectivity index (χ0v) is 9.21. The number of aryl methyl sites for hydroxylation is 1. The van der Waals surface area contributed by atoms with Crippen molar-refractivity contribution in [2.75, 3.05) is 0 Å². The van der Waals surface area contributed by atoms with Crippen LogP contribution in [0.25, 0.3) is 0 Å². The molecule has 5 heteroatoms. The third-order valence-electron chi connectivity index (χ3n) is 2.43. The molecular weight excluding hydrogens is 204 g/mol. The smallest absolute Gasteiger partial charge is 0.198 e. The summed E-state index contributed by atoms with van der Waals surface area (Å²) in [6.45, 7) is 1.72. The lowest BCUT2D eigenvalue weighted by Gasteiger charge is -2.09. The fourth-order valence-corrected chi connectivity index (χ4v) is 1.42. The summed E-state index contributed by atoms with van der Waals surface area (Å²) in [4.78, 5) is 15.7. The highest BCUT2D eigenvalue weighted by Gasteiger charge is 2.21. The predicted octanol–water partition coefficient (Wildman–Crippen LogP) is 1.29. The van der Waals surface area contributed by atoms with Gasteiger partial charge in [0.15, 0.2) is 11.6 Å². The van der Waals surface area contributed by atoms with Gasteiger partial charge in [0.05, 0.1) is 12.1 Å². The molecule has 0 spiro atoms. The van der Waals surface area contributed by atoms with E-state index in [9.17, 15) is 4.79 Å². The van der Waals surface area contributed by atoms with E-state index in [1.807, 2.05) is 12.1 Å². The summed E-state index contributed by atoms with van der Waals surface area (Å²) in [5.74, 6) is -0.805. The van der Waals surface area contributed by atoms with E-state index in [4.69, 9.17) is 10.5 Å². The van der Waals surface area contributed by atoms with Crippen LogP contribution in [-0.4, -0.2) is 15.3 Å².